The third-order valence-electron chi connectivity index (χ3n) is 2.01. The first-order valence-corrected chi connectivity index (χ1v) is 5.22. The van der Waals surface area contributed by atoms with E-state index in [1.54, 1.807) is 12.1 Å². The van der Waals surface area contributed by atoms with Gasteiger partial charge >= 0.3 is 94.4 Å². The zero-order valence-corrected chi connectivity index (χ0v) is 9.49. The molecule has 0 fully saturated rings. The van der Waals surface area contributed by atoms with Gasteiger partial charge in [0, 0.05) is 0 Å². The Bertz CT molecular complexity index is 482. The van der Waals surface area contributed by atoms with Crippen molar-refractivity contribution in [1.29, 1.82) is 0 Å². The van der Waals surface area contributed by atoms with Crippen LogP contribution in [-0.4, -0.2) is 21.8 Å². The van der Waals surface area contributed by atoms with Crippen LogP contribution in [0.3, 0.4) is 0 Å². The van der Waals surface area contributed by atoms with E-state index in [1.165, 1.54) is 18.3 Å². The Balaban J connectivity index is 2.54. The van der Waals surface area contributed by atoms with E-state index in [0.717, 1.165) is 10.5 Å². The van der Waals surface area contributed by atoms with Crippen molar-refractivity contribution in [2.24, 2.45) is 0 Å². The van der Waals surface area contributed by atoms with Crippen LogP contribution in [0.25, 0.3) is 11.1 Å². The molecule has 1 heterocycles. The molecule has 0 unspecified atom stereocenters. The first-order valence-electron chi connectivity index (χ1n) is 4.28. The van der Waals surface area contributed by atoms with Gasteiger partial charge in [-0.15, -0.1) is 0 Å². The molecule has 0 aliphatic carbocycles. The molecule has 2 radical (unpaired) electrons. The monoisotopic (exact) mass is 265 g/mol. The molecule has 1 nitrogen and oxygen atoms in total. The molecule has 0 spiro atoms. The second-order valence-electron chi connectivity index (χ2n) is 3.01. The fourth-order valence-electron chi connectivity index (χ4n) is 1.27. The van der Waals surface area contributed by atoms with E-state index in [9.17, 15) is 8.78 Å². The van der Waals surface area contributed by atoms with Crippen molar-refractivity contribution in [2.75, 3.05) is 0 Å². The molecule has 0 atom stereocenters. The maximum atomic E-state index is 13.4. The zero-order chi connectivity index (χ0) is 10.8. The maximum absolute atomic E-state index is 13.4. The van der Waals surface area contributed by atoms with Crippen LogP contribution >= 0.6 is 0 Å². The van der Waals surface area contributed by atoms with Gasteiger partial charge in [0.25, 0.3) is 0 Å². The predicted molar refractivity (Wildman–Crippen MR) is 55.0 cm³/mol. The quantitative estimate of drug-likeness (QED) is 0.717. The fourth-order valence-corrected chi connectivity index (χ4v) is 1.55. The molecule has 0 saturated carbocycles. The minimum absolute atomic E-state index is 0.231. The van der Waals surface area contributed by atoms with E-state index < -0.39 is 11.6 Å². The Labute approximate surface area is 94.7 Å². The van der Waals surface area contributed by atoms with Crippen LogP contribution < -0.4 is 4.48 Å². The van der Waals surface area contributed by atoms with E-state index in [2.05, 4.69) is 21.8 Å². The van der Waals surface area contributed by atoms with Crippen LogP contribution in [-0.2, 0) is 0 Å². The summed E-state index contributed by atoms with van der Waals surface area (Å²) >= 11 is 2.28. The zero-order valence-electron chi connectivity index (χ0n) is 7.61. The number of hydrogen-bond acceptors (Lipinski definition) is 1. The third-order valence-corrected chi connectivity index (χ3v) is 2.57. The topological polar surface area (TPSA) is 12.9 Å². The molecule has 74 valence electrons. The second kappa shape index (κ2) is 4.11. The van der Waals surface area contributed by atoms with Gasteiger partial charge in [-0.2, -0.15) is 0 Å². The average Bonchev–Trinajstić information content (AvgIpc) is 2.24. The van der Waals surface area contributed by atoms with E-state index in [4.69, 9.17) is 0 Å². The summed E-state index contributed by atoms with van der Waals surface area (Å²) in [6.45, 7) is 0. The predicted octanol–water partition coefficient (Wildman–Crippen LogP) is 1.82. The molecule has 15 heavy (non-hydrogen) atoms. The van der Waals surface area contributed by atoms with Gasteiger partial charge in [0.2, 0.25) is 0 Å². The fraction of sp³-hybridized carbons (Fsp3) is 0. The van der Waals surface area contributed by atoms with Crippen LogP contribution in [0.15, 0.2) is 36.5 Å². The van der Waals surface area contributed by atoms with Crippen molar-refractivity contribution in [3.63, 3.8) is 0 Å². The third kappa shape index (κ3) is 2.07. The molecular formula is C11H6AsF2N. The standard InChI is InChI=1S/C11H6AsF2N/c12-10-5-4-7(6-15-10)8-2-1-3-9(13)11(8)14/h1-6H. The number of rotatable bonds is 1. The number of aromatic nitrogens is 1. The van der Waals surface area contributed by atoms with Crippen LogP contribution in [0.4, 0.5) is 8.78 Å². The normalized spacial score (nSPS) is 10.3. The summed E-state index contributed by atoms with van der Waals surface area (Å²) in [5, 5.41) is 0. The molecule has 0 bridgehead atoms. The van der Waals surface area contributed by atoms with Gasteiger partial charge in [0.1, 0.15) is 0 Å². The summed E-state index contributed by atoms with van der Waals surface area (Å²) in [6, 6.07) is 7.54. The molecule has 4 heteroatoms. The van der Waals surface area contributed by atoms with Crippen molar-refractivity contribution in [3.05, 3.63) is 48.2 Å². The summed E-state index contributed by atoms with van der Waals surface area (Å²) in [4.78, 5) is 4.01. The van der Waals surface area contributed by atoms with E-state index in [-0.39, 0.29) is 5.56 Å². The average molecular weight is 265 g/mol. The van der Waals surface area contributed by atoms with Crippen molar-refractivity contribution < 1.29 is 8.78 Å². The summed E-state index contributed by atoms with van der Waals surface area (Å²) in [7, 11) is 0. The Morgan fingerprint density at radius 3 is 2.53 bits per heavy atom. The number of pyridine rings is 1. The van der Waals surface area contributed by atoms with Gasteiger partial charge in [-0.1, -0.05) is 0 Å². The Morgan fingerprint density at radius 2 is 1.87 bits per heavy atom. The van der Waals surface area contributed by atoms with E-state index in [1.807, 2.05) is 0 Å². The van der Waals surface area contributed by atoms with Gasteiger partial charge < -0.3 is 0 Å². The number of benzene rings is 1. The first-order chi connectivity index (χ1) is 7.18. The van der Waals surface area contributed by atoms with Gasteiger partial charge in [-0.05, 0) is 0 Å². The summed E-state index contributed by atoms with van der Waals surface area (Å²) < 4.78 is 27.1. The van der Waals surface area contributed by atoms with Gasteiger partial charge in [-0.3, -0.25) is 0 Å². The van der Waals surface area contributed by atoms with Crippen molar-refractivity contribution >= 4 is 21.3 Å². The Kier molecular flexibility index (Phi) is 2.83. The van der Waals surface area contributed by atoms with Crippen LogP contribution in [0.1, 0.15) is 0 Å². The molecule has 2 aromatic rings. The molecule has 0 saturated heterocycles. The van der Waals surface area contributed by atoms with Crippen LogP contribution in [0.5, 0.6) is 0 Å². The molecule has 0 N–H and O–H groups in total. The molecule has 0 aliphatic rings. The van der Waals surface area contributed by atoms with Gasteiger partial charge in [0.15, 0.2) is 0 Å². The molecule has 0 aliphatic heterocycles. The number of hydrogen-bond donors (Lipinski definition) is 0. The molecular weight excluding hydrogens is 259 g/mol. The molecule has 2 rings (SSSR count). The second-order valence-corrected chi connectivity index (χ2v) is 3.97. The summed E-state index contributed by atoms with van der Waals surface area (Å²) in [5.74, 6) is -1.68. The van der Waals surface area contributed by atoms with Crippen LogP contribution in [0.2, 0.25) is 0 Å². The van der Waals surface area contributed by atoms with E-state index >= 15 is 0 Å². The molecule has 1 aromatic heterocycles. The van der Waals surface area contributed by atoms with E-state index in [0.29, 0.717) is 5.56 Å². The van der Waals surface area contributed by atoms with Crippen LogP contribution in [0, 0.1) is 11.6 Å². The minimum atomic E-state index is -0.844. The van der Waals surface area contributed by atoms with Crippen molar-refractivity contribution in [2.45, 2.75) is 0 Å². The first kappa shape index (κ1) is 10.3. The Hall–Kier alpha value is -1.21. The van der Waals surface area contributed by atoms with Gasteiger partial charge in [-0.25, -0.2) is 0 Å². The summed E-state index contributed by atoms with van der Waals surface area (Å²) in [6.07, 6.45) is 1.52. The van der Waals surface area contributed by atoms with Crippen molar-refractivity contribution in [1.82, 2.24) is 4.98 Å². The number of nitrogens with zero attached hydrogens (tertiary/aromatic N) is 1. The number of halogens is 2. The SMILES string of the molecule is Fc1cccc(-c2ccc([As])nc2)c1F. The van der Waals surface area contributed by atoms with Gasteiger partial charge in [0.05, 0.1) is 0 Å². The molecule has 0 amide bonds. The Morgan fingerprint density at radius 1 is 1.07 bits per heavy atom. The summed E-state index contributed by atoms with van der Waals surface area (Å²) in [5.41, 5.74) is 0.803. The molecule has 1 aromatic carbocycles. The van der Waals surface area contributed by atoms with Crippen molar-refractivity contribution in [3.8, 4) is 11.1 Å².